The van der Waals surface area contributed by atoms with Gasteiger partial charge in [-0.1, -0.05) is 20.3 Å². The number of hydrogen-bond acceptors (Lipinski definition) is 2. The van der Waals surface area contributed by atoms with E-state index >= 15 is 0 Å². The number of halogens is 1. The second kappa shape index (κ2) is 5.59. The first-order chi connectivity index (χ1) is 8.60. The monoisotopic (exact) mass is 251 g/mol. The zero-order chi connectivity index (χ0) is 13.1. The van der Waals surface area contributed by atoms with Crippen LogP contribution in [0.3, 0.4) is 0 Å². The zero-order valence-corrected chi connectivity index (χ0v) is 11.4. The molecule has 0 spiro atoms. The Morgan fingerprint density at radius 3 is 2.78 bits per heavy atom. The van der Waals surface area contributed by atoms with Gasteiger partial charge in [0.2, 0.25) is 0 Å². The van der Waals surface area contributed by atoms with E-state index in [4.69, 9.17) is 4.74 Å². The Kier molecular flexibility index (Phi) is 4.10. The number of methoxy groups -OCH3 is 1. The number of benzene rings is 1. The summed E-state index contributed by atoms with van der Waals surface area (Å²) in [5.41, 5.74) is 0.944. The third-order valence-electron chi connectivity index (χ3n) is 3.96. The first kappa shape index (κ1) is 13.2. The van der Waals surface area contributed by atoms with Crippen LogP contribution in [0, 0.1) is 17.7 Å². The molecular weight excluding hydrogens is 229 g/mol. The van der Waals surface area contributed by atoms with E-state index in [1.165, 1.54) is 32.4 Å². The predicted octanol–water partition coefficient (Wildman–Crippen LogP) is 4.07. The summed E-state index contributed by atoms with van der Waals surface area (Å²) in [7, 11) is 1.49. The number of nitrogens with one attached hydrogen (secondary N) is 1. The number of hydrogen-bond donors (Lipinski definition) is 1. The molecule has 1 saturated carbocycles. The van der Waals surface area contributed by atoms with Crippen LogP contribution in [0.25, 0.3) is 0 Å². The van der Waals surface area contributed by atoms with Crippen molar-refractivity contribution in [1.29, 1.82) is 0 Å². The average Bonchev–Trinajstić information content (AvgIpc) is 2.36. The van der Waals surface area contributed by atoms with Gasteiger partial charge < -0.3 is 10.1 Å². The lowest BCUT2D eigenvalue weighted by Crippen LogP contribution is -2.33. The number of rotatable bonds is 3. The lowest BCUT2D eigenvalue weighted by Gasteiger charge is -2.34. The minimum atomic E-state index is -0.312. The lowest BCUT2D eigenvalue weighted by molar-refractivity contribution is 0.280. The second-order valence-electron chi connectivity index (χ2n) is 5.50. The standard InChI is InChI=1S/C15H22FNO/c1-10-4-5-11(2)14(8-10)17-12-6-7-13(16)15(9-12)18-3/h6-7,9-11,14,17H,4-5,8H2,1-3H3. The Morgan fingerprint density at radius 1 is 1.28 bits per heavy atom. The Hall–Kier alpha value is -1.25. The van der Waals surface area contributed by atoms with E-state index in [1.807, 2.05) is 0 Å². The summed E-state index contributed by atoms with van der Waals surface area (Å²) in [6.45, 7) is 4.58. The molecule has 0 aromatic heterocycles. The summed E-state index contributed by atoms with van der Waals surface area (Å²) < 4.78 is 18.3. The molecule has 18 heavy (non-hydrogen) atoms. The molecule has 0 bridgehead atoms. The maximum absolute atomic E-state index is 13.3. The third kappa shape index (κ3) is 2.95. The molecule has 0 saturated heterocycles. The van der Waals surface area contributed by atoms with Gasteiger partial charge in [0.1, 0.15) is 0 Å². The molecule has 100 valence electrons. The number of anilines is 1. The molecule has 2 rings (SSSR count). The van der Waals surface area contributed by atoms with Crippen LogP contribution in [0.15, 0.2) is 18.2 Å². The molecule has 3 atom stereocenters. The fourth-order valence-corrected chi connectivity index (χ4v) is 2.70. The highest BCUT2D eigenvalue weighted by Gasteiger charge is 2.25. The largest absolute Gasteiger partial charge is 0.494 e. The van der Waals surface area contributed by atoms with Crippen LogP contribution in [0.2, 0.25) is 0 Å². The van der Waals surface area contributed by atoms with Gasteiger partial charge in [-0.3, -0.25) is 0 Å². The smallest absolute Gasteiger partial charge is 0.165 e. The quantitative estimate of drug-likeness (QED) is 0.874. The van der Waals surface area contributed by atoms with Crippen LogP contribution < -0.4 is 10.1 Å². The molecule has 1 aliphatic carbocycles. The van der Waals surface area contributed by atoms with Crippen molar-refractivity contribution in [2.45, 2.75) is 39.2 Å². The average molecular weight is 251 g/mol. The van der Waals surface area contributed by atoms with Gasteiger partial charge in [-0.05, 0) is 36.8 Å². The van der Waals surface area contributed by atoms with E-state index < -0.39 is 0 Å². The fourth-order valence-electron chi connectivity index (χ4n) is 2.70. The summed E-state index contributed by atoms with van der Waals surface area (Å²) in [4.78, 5) is 0. The summed E-state index contributed by atoms with van der Waals surface area (Å²) in [6, 6.07) is 5.45. The second-order valence-corrected chi connectivity index (χ2v) is 5.50. The predicted molar refractivity (Wildman–Crippen MR) is 72.5 cm³/mol. The van der Waals surface area contributed by atoms with Crippen LogP contribution in [-0.2, 0) is 0 Å². The maximum Gasteiger partial charge on any atom is 0.165 e. The minimum Gasteiger partial charge on any atom is -0.494 e. The maximum atomic E-state index is 13.3. The molecule has 3 heteroatoms. The van der Waals surface area contributed by atoms with Crippen molar-refractivity contribution in [2.75, 3.05) is 12.4 Å². The SMILES string of the molecule is COc1cc(NC2CC(C)CCC2C)ccc1F. The van der Waals surface area contributed by atoms with Crippen molar-refractivity contribution < 1.29 is 9.13 Å². The summed E-state index contributed by atoms with van der Waals surface area (Å²) in [5.74, 6) is 1.42. The Balaban J connectivity index is 2.08. The van der Waals surface area contributed by atoms with Gasteiger partial charge in [0, 0.05) is 17.8 Å². The highest BCUT2D eigenvalue weighted by molar-refractivity contribution is 5.49. The molecule has 0 amide bonds. The Bertz CT molecular complexity index is 407. The van der Waals surface area contributed by atoms with Crippen molar-refractivity contribution in [1.82, 2.24) is 0 Å². The van der Waals surface area contributed by atoms with Crippen LogP contribution in [0.4, 0.5) is 10.1 Å². The van der Waals surface area contributed by atoms with Crippen molar-refractivity contribution >= 4 is 5.69 Å². The topological polar surface area (TPSA) is 21.3 Å². The van der Waals surface area contributed by atoms with Crippen molar-refractivity contribution in [3.05, 3.63) is 24.0 Å². The fraction of sp³-hybridized carbons (Fsp3) is 0.600. The Labute approximate surface area is 109 Å². The molecule has 0 heterocycles. The van der Waals surface area contributed by atoms with Gasteiger partial charge in [0.15, 0.2) is 11.6 Å². The highest BCUT2D eigenvalue weighted by Crippen LogP contribution is 2.31. The van der Waals surface area contributed by atoms with Crippen molar-refractivity contribution in [2.24, 2.45) is 11.8 Å². The minimum absolute atomic E-state index is 0.302. The first-order valence-corrected chi connectivity index (χ1v) is 6.70. The van der Waals surface area contributed by atoms with Gasteiger partial charge in [-0.25, -0.2) is 4.39 Å². The van der Waals surface area contributed by atoms with Gasteiger partial charge >= 0.3 is 0 Å². The van der Waals surface area contributed by atoms with Gasteiger partial charge in [0.25, 0.3) is 0 Å². The van der Waals surface area contributed by atoms with Crippen LogP contribution in [-0.4, -0.2) is 13.2 Å². The molecule has 1 aromatic rings. The van der Waals surface area contributed by atoms with Crippen LogP contribution >= 0.6 is 0 Å². The van der Waals surface area contributed by atoms with Crippen molar-refractivity contribution in [3.63, 3.8) is 0 Å². The molecule has 0 radical (unpaired) electrons. The Morgan fingerprint density at radius 2 is 2.06 bits per heavy atom. The number of ether oxygens (including phenoxy) is 1. The summed E-state index contributed by atoms with van der Waals surface area (Å²) >= 11 is 0. The zero-order valence-electron chi connectivity index (χ0n) is 11.4. The molecule has 1 fully saturated rings. The van der Waals surface area contributed by atoms with Gasteiger partial charge in [-0.15, -0.1) is 0 Å². The van der Waals surface area contributed by atoms with E-state index in [0.717, 1.165) is 11.6 Å². The van der Waals surface area contributed by atoms with Gasteiger partial charge in [-0.2, -0.15) is 0 Å². The summed E-state index contributed by atoms with van der Waals surface area (Å²) in [5, 5.41) is 3.52. The van der Waals surface area contributed by atoms with E-state index in [9.17, 15) is 4.39 Å². The lowest BCUT2D eigenvalue weighted by atomic mass is 9.80. The molecule has 1 aliphatic rings. The molecular formula is C15H22FNO. The third-order valence-corrected chi connectivity index (χ3v) is 3.96. The van der Waals surface area contributed by atoms with E-state index in [1.54, 1.807) is 12.1 Å². The van der Waals surface area contributed by atoms with Crippen molar-refractivity contribution in [3.8, 4) is 5.75 Å². The first-order valence-electron chi connectivity index (χ1n) is 6.70. The normalized spacial score (nSPS) is 27.9. The molecule has 3 unspecified atom stereocenters. The molecule has 1 aromatic carbocycles. The van der Waals surface area contributed by atoms with Crippen LogP contribution in [0.1, 0.15) is 33.1 Å². The van der Waals surface area contributed by atoms with E-state index in [2.05, 4.69) is 19.2 Å². The molecule has 1 N–H and O–H groups in total. The van der Waals surface area contributed by atoms with E-state index in [-0.39, 0.29) is 5.82 Å². The molecule has 2 nitrogen and oxygen atoms in total. The molecule has 0 aliphatic heterocycles. The van der Waals surface area contributed by atoms with Crippen LogP contribution in [0.5, 0.6) is 5.75 Å². The van der Waals surface area contributed by atoms with Gasteiger partial charge in [0.05, 0.1) is 7.11 Å². The van der Waals surface area contributed by atoms with E-state index in [0.29, 0.717) is 17.7 Å². The highest BCUT2D eigenvalue weighted by atomic mass is 19.1. The summed E-state index contributed by atoms with van der Waals surface area (Å²) in [6.07, 6.45) is 3.75.